The van der Waals surface area contributed by atoms with Crippen LogP contribution in [0.3, 0.4) is 0 Å². The largest absolute Gasteiger partial charge is 0.396 e. The lowest BCUT2D eigenvalue weighted by Crippen LogP contribution is -2.24. The first kappa shape index (κ1) is 8.73. The summed E-state index contributed by atoms with van der Waals surface area (Å²) in [4.78, 5) is 0. The van der Waals surface area contributed by atoms with E-state index in [1.165, 1.54) is 0 Å². The second kappa shape index (κ2) is 3.70. The van der Waals surface area contributed by atoms with Gasteiger partial charge in [-0.05, 0) is 0 Å². The fourth-order valence-corrected chi connectivity index (χ4v) is 0.903. The number of halogens is 2. The van der Waals surface area contributed by atoms with Crippen molar-refractivity contribution in [1.29, 1.82) is 0 Å². The van der Waals surface area contributed by atoms with Gasteiger partial charge in [-0.2, -0.15) is 0 Å². The first-order valence-corrected chi connectivity index (χ1v) is 4.07. The van der Waals surface area contributed by atoms with Gasteiger partial charge in [0, 0.05) is 16.6 Å². The van der Waals surface area contributed by atoms with Crippen molar-refractivity contribution in [3.05, 3.63) is 0 Å². The Morgan fingerprint density at radius 2 is 2.25 bits per heavy atom. The molecule has 0 amide bonds. The molecule has 3 heteroatoms. The van der Waals surface area contributed by atoms with E-state index in [2.05, 4.69) is 15.9 Å². The third-order valence-electron chi connectivity index (χ3n) is 1.03. The van der Waals surface area contributed by atoms with Gasteiger partial charge in [0.25, 0.3) is 0 Å². The normalized spacial score (nSPS) is 18.0. The molecule has 8 heavy (non-hydrogen) atoms. The fraction of sp³-hybridized carbons (Fsp3) is 1.00. The molecule has 0 saturated heterocycles. The van der Waals surface area contributed by atoms with E-state index in [0.29, 0.717) is 5.88 Å². The molecule has 0 aliphatic carbocycles. The van der Waals surface area contributed by atoms with Gasteiger partial charge in [-0.3, -0.25) is 0 Å². The lowest BCUT2D eigenvalue weighted by Gasteiger charge is -2.19. The molecule has 0 aromatic rings. The summed E-state index contributed by atoms with van der Waals surface area (Å²) in [5, 5.41) is 9.42. The minimum atomic E-state index is -0.137. The number of aliphatic hydroxyl groups excluding tert-OH is 1. The van der Waals surface area contributed by atoms with Crippen LogP contribution in [-0.2, 0) is 0 Å². The number of rotatable bonds is 3. The maximum atomic E-state index is 8.67. The fourth-order valence-electron chi connectivity index (χ4n) is 0.120. The zero-order valence-electron chi connectivity index (χ0n) is 4.82. The van der Waals surface area contributed by atoms with Crippen LogP contribution in [0.5, 0.6) is 0 Å². The monoisotopic (exact) mass is 200 g/mol. The molecule has 0 heterocycles. The highest BCUT2D eigenvalue weighted by atomic mass is 79.9. The number of hydrogen-bond donors (Lipinski definition) is 1. The standard InChI is InChI=1S/C5H10BrClO/c1-5(2-6,3-7)4-8/h8H,2-4H2,1H3. The summed E-state index contributed by atoms with van der Waals surface area (Å²) in [5.41, 5.74) is -0.137. The van der Waals surface area contributed by atoms with Gasteiger partial charge in [-0.1, -0.05) is 22.9 Å². The van der Waals surface area contributed by atoms with Crippen LogP contribution in [-0.4, -0.2) is 22.9 Å². The molecule has 50 valence electrons. The average molecular weight is 201 g/mol. The van der Waals surface area contributed by atoms with Crippen molar-refractivity contribution in [2.24, 2.45) is 5.41 Å². The Kier molecular flexibility index (Phi) is 4.04. The summed E-state index contributed by atoms with van der Waals surface area (Å²) < 4.78 is 0. The van der Waals surface area contributed by atoms with Crippen LogP contribution in [0.2, 0.25) is 0 Å². The molecule has 0 aliphatic heterocycles. The molecule has 1 nitrogen and oxygen atoms in total. The van der Waals surface area contributed by atoms with E-state index in [0.717, 1.165) is 5.33 Å². The molecule has 1 N–H and O–H groups in total. The van der Waals surface area contributed by atoms with Gasteiger partial charge < -0.3 is 5.11 Å². The first-order chi connectivity index (χ1) is 3.68. The van der Waals surface area contributed by atoms with Crippen molar-refractivity contribution in [2.75, 3.05) is 17.8 Å². The molecule has 1 atom stereocenters. The molecule has 0 rings (SSSR count). The van der Waals surface area contributed by atoms with Crippen molar-refractivity contribution < 1.29 is 5.11 Å². The Balaban J connectivity index is 3.58. The van der Waals surface area contributed by atoms with E-state index in [9.17, 15) is 0 Å². The van der Waals surface area contributed by atoms with Crippen LogP contribution >= 0.6 is 27.5 Å². The number of alkyl halides is 2. The second-order valence-electron chi connectivity index (χ2n) is 2.24. The number of aliphatic hydroxyl groups is 1. The van der Waals surface area contributed by atoms with Gasteiger partial charge in [0.1, 0.15) is 0 Å². The molecule has 1 unspecified atom stereocenters. The smallest absolute Gasteiger partial charge is 0.0504 e. The minimum Gasteiger partial charge on any atom is -0.396 e. The topological polar surface area (TPSA) is 20.2 Å². The Morgan fingerprint density at radius 1 is 1.75 bits per heavy atom. The quantitative estimate of drug-likeness (QED) is 0.688. The van der Waals surface area contributed by atoms with E-state index in [1.54, 1.807) is 0 Å². The predicted molar refractivity (Wildman–Crippen MR) is 39.7 cm³/mol. The van der Waals surface area contributed by atoms with Crippen LogP contribution in [0.4, 0.5) is 0 Å². The van der Waals surface area contributed by atoms with Gasteiger partial charge in [0.2, 0.25) is 0 Å². The third-order valence-corrected chi connectivity index (χ3v) is 3.03. The van der Waals surface area contributed by atoms with Crippen molar-refractivity contribution in [2.45, 2.75) is 6.92 Å². The van der Waals surface area contributed by atoms with E-state index < -0.39 is 0 Å². The lowest BCUT2D eigenvalue weighted by molar-refractivity contribution is 0.184. The molecule has 0 bridgehead atoms. The molecule has 0 aliphatic rings. The highest BCUT2D eigenvalue weighted by Crippen LogP contribution is 2.19. The summed E-state index contributed by atoms with van der Waals surface area (Å²) in [6, 6.07) is 0. The maximum absolute atomic E-state index is 8.67. The van der Waals surface area contributed by atoms with E-state index in [-0.39, 0.29) is 12.0 Å². The molecular weight excluding hydrogens is 191 g/mol. The van der Waals surface area contributed by atoms with E-state index in [4.69, 9.17) is 16.7 Å². The predicted octanol–water partition coefficient (Wildman–Crippen LogP) is 1.62. The maximum Gasteiger partial charge on any atom is 0.0504 e. The summed E-state index contributed by atoms with van der Waals surface area (Å²) in [5.74, 6) is 0.495. The Labute approximate surface area is 63.2 Å². The van der Waals surface area contributed by atoms with Crippen molar-refractivity contribution in [3.8, 4) is 0 Å². The summed E-state index contributed by atoms with van der Waals surface area (Å²) in [7, 11) is 0. The van der Waals surface area contributed by atoms with Crippen LogP contribution < -0.4 is 0 Å². The zero-order valence-corrected chi connectivity index (χ0v) is 7.17. The number of hydrogen-bond acceptors (Lipinski definition) is 1. The molecule has 0 aromatic heterocycles. The lowest BCUT2D eigenvalue weighted by atomic mass is 9.98. The van der Waals surface area contributed by atoms with Gasteiger partial charge in [-0.15, -0.1) is 11.6 Å². The Bertz CT molecular complexity index is 55.2. The highest BCUT2D eigenvalue weighted by molar-refractivity contribution is 9.09. The molecular formula is C5H10BrClO. The SMILES string of the molecule is CC(CO)(CCl)CBr. The minimum absolute atomic E-state index is 0.137. The van der Waals surface area contributed by atoms with Crippen LogP contribution in [0.1, 0.15) is 6.92 Å². The van der Waals surface area contributed by atoms with Crippen LogP contribution in [0.15, 0.2) is 0 Å². The van der Waals surface area contributed by atoms with Crippen molar-refractivity contribution >= 4 is 27.5 Å². The second-order valence-corrected chi connectivity index (χ2v) is 3.06. The summed E-state index contributed by atoms with van der Waals surface area (Å²) >= 11 is 8.77. The van der Waals surface area contributed by atoms with Crippen molar-refractivity contribution in [1.82, 2.24) is 0 Å². The summed E-state index contributed by atoms with van der Waals surface area (Å²) in [6.07, 6.45) is 0. The van der Waals surface area contributed by atoms with Gasteiger partial charge in [0.05, 0.1) is 6.61 Å². The molecule has 0 fully saturated rings. The first-order valence-electron chi connectivity index (χ1n) is 2.41. The van der Waals surface area contributed by atoms with Gasteiger partial charge >= 0.3 is 0 Å². The molecule has 0 saturated carbocycles. The third kappa shape index (κ3) is 2.33. The molecule has 0 radical (unpaired) electrons. The van der Waals surface area contributed by atoms with Crippen LogP contribution in [0, 0.1) is 5.41 Å². The van der Waals surface area contributed by atoms with Crippen LogP contribution in [0.25, 0.3) is 0 Å². The van der Waals surface area contributed by atoms with E-state index >= 15 is 0 Å². The van der Waals surface area contributed by atoms with Crippen molar-refractivity contribution in [3.63, 3.8) is 0 Å². The van der Waals surface area contributed by atoms with Gasteiger partial charge in [0.15, 0.2) is 0 Å². The van der Waals surface area contributed by atoms with E-state index in [1.807, 2.05) is 6.92 Å². The molecule has 0 aromatic carbocycles. The van der Waals surface area contributed by atoms with Gasteiger partial charge in [-0.25, -0.2) is 0 Å². The average Bonchev–Trinajstić information content (AvgIpc) is 1.87. The Morgan fingerprint density at radius 3 is 2.25 bits per heavy atom. The molecule has 0 spiro atoms. The summed E-state index contributed by atoms with van der Waals surface area (Å²) in [6.45, 7) is 2.07. The zero-order chi connectivity index (χ0) is 6.62. The highest BCUT2D eigenvalue weighted by Gasteiger charge is 2.19. The Hall–Kier alpha value is 0.730.